The monoisotopic (exact) mass is 452 g/mol. The van der Waals surface area contributed by atoms with Gasteiger partial charge in [-0.15, -0.1) is 0 Å². The van der Waals surface area contributed by atoms with E-state index in [0.29, 0.717) is 16.8 Å². The molecule has 0 saturated heterocycles. The molecule has 0 radical (unpaired) electrons. The van der Waals surface area contributed by atoms with Gasteiger partial charge in [-0.25, -0.2) is 4.98 Å². The molecule has 172 valence electrons. The smallest absolute Gasteiger partial charge is 0.255 e. The highest BCUT2D eigenvalue weighted by Crippen LogP contribution is 2.25. The third kappa shape index (κ3) is 4.86. The summed E-state index contributed by atoms with van der Waals surface area (Å²) in [6, 6.07) is 22.5. The maximum Gasteiger partial charge on any atom is 0.255 e. The molecule has 1 aromatic heterocycles. The molecule has 3 aromatic carbocycles. The van der Waals surface area contributed by atoms with Gasteiger partial charge in [-0.05, 0) is 74.1 Å². The van der Waals surface area contributed by atoms with Crippen LogP contribution >= 0.6 is 0 Å². The van der Waals surface area contributed by atoms with E-state index < -0.39 is 0 Å². The van der Waals surface area contributed by atoms with Crippen LogP contribution in [-0.4, -0.2) is 27.8 Å². The van der Waals surface area contributed by atoms with Crippen molar-refractivity contribution in [3.05, 3.63) is 83.9 Å². The fourth-order valence-electron chi connectivity index (χ4n) is 4.47. The molecule has 34 heavy (non-hydrogen) atoms. The number of hydrogen-bond acceptors (Lipinski definition) is 3. The molecule has 5 rings (SSSR count). The third-order valence-corrected chi connectivity index (χ3v) is 6.55. The van der Waals surface area contributed by atoms with E-state index in [9.17, 15) is 9.59 Å². The predicted molar refractivity (Wildman–Crippen MR) is 135 cm³/mol. The molecule has 1 aliphatic carbocycles. The average molecular weight is 453 g/mol. The zero-order valence-corrected chi connectivity index (χ0v) is 19.2. The van der Waals surface area contributed by atoms with Crippen LogP contribution < -0.4 is 10.6 Å². The Hall–Kier alpha value is -3.93. The van der Waals surface area contributed by atoms with Gasteiger partial charge >= 0.3 is 0 Å². The van der Waals surface area contributed by atoms with Gasteiger partial charge in [-0.2, -0.15) is 0 Å². The van der Waals surface area contributed by atoms with Crippen LogP contribution in [0.3, 0.4) is 0 Å². The number of imidazole rings is 1. The number of benzene rings is 3. The summed E-state index contributed by atoms with van der Waals surface area (Å²) in [7, 11) is 0. The number of aromatic nitrogens is 2. The first kappa shape index (κ1) is 21.9. The molecule has 0 atom stereocenters. The summed E-state index contributed by atoms with van der Waals surface area (Å²) in [4.78, 5) is 33.1. The molecular weight excluding hydrogens is 424 g/mol. The maximum atomic E-state index is 12.6. The number of carbonyl (C=O) groups excluding carboxylic acids is 2. The molecule has 0 bridgehead atoms. The highest BCUT2D eigenvalue weighted by Gasteiger charge is 2.20. The van der Waals surface area contributed by atoms with Crippen LogP contribution in [0.15, 0.2) is 72.8 Å². The second kappa shape index (κ2) is 9.51. The van der Waals surface area contributed by atoms with E-state index in [0.717, 1.165) is 41.2 Å². The van der Waals surface area contributed by atoms with E-state index in [2.05, 4.69) is 27.5 Å². The first-order chi connectivity index (χ1) is 16.5. The minimum absolute atomic E-state index is 0.0190. The summed E-state index contributed by atoms with van der Waals surface area (Å²) in [5, 5.41) is 6.10. The number of amides is 2. The van der Waals surface area contributed by atoms with E-state index in [1.54, 1.807) is 12.1 Å². The Labute approximate surface area is 198 Å². The second-order valence-corrected chi connectivity index (χ2v) is 9.15. The minimum Gasteiger partial charge on any atom is -0.349 e. The van der Waals surface area contributed by atoms with Crippen molar-refractivity contribution in [3.63, 3.8) is 0 Å². The van der Waals surface area contributed by atoms with Crippen molar-refractivity contribution in [3.8, 4) is 11.4 Å². The summed E-state index contributed by atoms with van der Waals surface area (Å²) < 4.78 is 0. The van der Waals surface area contributed by atoms with Crippen LogP contribution in [0.2, 0.25) is 0 Å². The van der Waals surface area contributed by atoms with Crippen molar-refractivity contribution in [2.24, 2.45) is 5.92 Å². The molecule has 1 fully saturated rings. The van der Waals surface area contributed by atoms with Crippen molar-refractivity contribution in [2.45, 2.75) is 38.6 Å². The number of nitrogens with zero attached hydrogens (tertiary/aromatic N) is 1. The highest BCUT2D eigenvalue weighted by atomic mass is 16.2. The predicted octanol–water partition coefficient (Wildman–Crippen LogP) is 5.79. The van der Waals surface area contributed by atoms with Crippen molar-refractivity contribution < 1.29 is 9.59 Å². The lowest BCUT2D eigenvalue weighted by Crippen LogP contribution is -2.37. The van der Waals surface area contributed by atoms with Gasteiger partial charge in [0.15, 0.2) is 0 Å². The van der Waals surface area contributed by atoms with Crippen LogP contribution in [0.25, 0.3) is 22.4 Å². The first-order valence-electron chi connectivity index (χ1n) is 11.8. The zero-order chi connectivity index (χ0) is 23.5. The number of nitrogens with one attached hydrogen (secondary N) is 3. The highest BCUT2D eigenvalue weighted by molar-refractivity contribution is 6.05. The molecule has 1 aliphatic rings. The van der Waals surface area contributed by atoms with Crippen LogP contribution in [0, 0.1) is 5.92 Å². The van der Waals surface area contributed by atoms with E-state index in [1.807, 2.05) is 60.7 Å². The summed E-state index contributed by atoms with van der Waals surface area (Å²) in [5.74, 6) is 1.30. The molecule has 2 amide bonds. The number of carbonyl (C=O) groups is 2. The Morgan fingerprint density at radius 2 is 1.56 bits per heavy atom. The van der Waals surface area contributed by atoms with E-state index in [-0.39, 0.29) is 17.9 Å². The number of aromatic amines is 1. The van der Waals surface area contributed by atoms with Crippen molar-refractivity contribution >= 4 is 28.5 Å². The van der Waals surface area contributed by atoms with Gasteiger partial charge < -0.3 is 15.6 Å². The molecule has 4 aromatic rings. The second-order valence-electron chi connectivity index (χ2n) is 9.15. The van der Waals surface area contributed by atoms with Gasteiger partial charge in [0.05, 0.1) is 11.0 Å². The number of rotatable bonds is 5. The molecular formula is C28H28N4O2. The largest absolute Gasteiger partial charge is 0.349 e. The Morgan fingerprint density at radius 1 is 0.853 bits per heavy atom. The summed E-state index contributed by atoms with van der Waals surface area (Å²) in [5.41, 5.74) is 4.49. The zero-order valence-electron chi connectivity index (χ0n) is 19.2. The minimum atomic E-state index is -0.156. The fraction of sp³-hybridized carbons (Fsp3) is 0.250. The van der Waals surface area contributed by atoms with Crippen molar-refractivity contribution in [1.29, 1.82) is 0 Å². The topological polar surface area (TPSA) is 86.9 Å². The van der Waals surface area contributed by atoms with Crippen molar-refractivity contribution in [2.75, 3.05) is 5.32 Å². The summed E-state index contributed by atoms with van der Waals surface area (Å²) >= 11 is 0. The molecule has 3 N–H and O–H groups in total. The quantitative estimate of drug-likeness (QED) is 0.358. The number of fused-ring (bicyclic) bond motifs is 1. The van der Waals surface area contributed by atoms with E-state index in [1.165, 1.54) is 12.8 Å². The molecule has 1 saturated carbocycles. The fourth-order valence-corrected chi connectivity index (χ4v) is 4.47. The van der Waals surface area contributed by atoms with Crippen LogP contribution in [-0.2, 0) is 0 Å². The van der Waals surface area contributed by atoms with E-state index >= 15 is 0 Å². The van der Waals surface area contributed by atoms with Gasteiger partial charge in [-0.3, -0.25) is 9.59 Å². The molecule has 0 unspecified atom stereocenters. The Kier molecular flexibility index (Phi) is 6.12. The molecule has 6 nitrogen and oxygen atoms in total. The SMILES string of the molecule is CC1CCC(NC(=O)c2ccc(-c3nc4ccc(NC(=O)c5ccccc5)cc4[nH]3)cc2)CC1. The summed E-state index contributed by atoms with van der Waals surface area (Å²) in [6.07, 6.45) is 4.46. The number of H-pyrrole nitrogens is 1. The first-order valence-corrected chi connectivity index (χ1v) is 11.8. The molecule has 1 heterocycles. The maximum absolute atomic E-state index is 12.6. The van der Waals surface area contributed by atoms with Gasteiger partial charge in [0.25, 0.3) is 11.8 Å². The van der Waals surface area contributed by atoms with Crippen LogP contribution in [0.1, 0.15) is 53.3 Å². The van der Waals surface area contributed by atoms with Gasteiger partial charge in [0, 0.05) is 28.4 Å². The van der Waals surface area contributed by atoms with Crippen molar-refractivity contribution in [1.82, 2.24) is 15.3 Å². The lowest BCUT2D eigenvalue weighted by atomic mass is 9.87. The van der Waals surface area contributed by atoms with Gasteiger partial charge in [-0.1, -0.05) is 37.3 Å². The lowest BCUT2D eigenvalue weighted by Gasteiger charge is -2.26. The summed E-state index contributed by atoms with van der Waals surface area (Å²) in [6.45, 7) is 2.27. The van der Waals surface area contributed by atoms with Crippen LogP contribution in [0.5, 0.6) is 0 Å². The molecule has 6 heteroatoms. The number of anilines is 1. The Morgan fingerprint density at radius 3 is 2.29 bits per heavy atom. The molecule has 0 spiro atoms. The normalized spacial score (nSPS) is 17.9. The van der Waals surface area contributed by atoms with Crippen LogP contribution in [0.4, 0.5) is 5.69 Å². The molecule has 0 aliphatic heterocycles. The van der Waals surface area contributed by atoms with Gasteiger partial charge in [0.2, 0.25) is 0 Å². The van der Waals surface area contributed by atoms with Gasteiger partial charge in [0.1, 0.15) is 5.82 Å². The number of hydrogen-bond donors (Lipinski definition) is 3. The Bertz CT molecular complexity index is 1300. The standard InChI is InChI=1S/C28H28N4O2/c1-18-7-13-22(14-8-18)29-28(34)21-11-9-19(10-12-21)26-31-24-16-15-23(17-25(24)32-26)30-27(33)20-5-3-2-4-6-20/h2-6,9-12,15-18,22H,7-8,13-14H2,1H3,(H,29,34)(H,30,33)(H,31,32). The third-order valence-electron chi connectivity index (χ3n) is 6.55. The lowest BCUT2D eigenvalue weighted by molar-refractivity contribution is 0.0922. The average Bonchev–Trinajstić information content (AvgIpc) is 3.29. The Balaban J connectivity index is 1.27. The van der Waals surface area contributed by atoms with E-state index in [4.69, 9.17) is 0 Å².